The average Bonchev–Trinajstić information content (AvgIpc) is 3.08. The lowest BCUT2D eigenvalue weighted by Gasteiger charge is -2.34. The number of aryl methyl sites for hydroxylation is 2. The number of likely N-dealkylation sites (tertiary alicyclic amines) is 1. The summed E-state index contributed by atoms with van der Waals surface area (Å²) >= 11 is 0. The van der Waals surface area contributed by atoms with Crippen molar-refractivity contribution in [2.75, 3.05) is 13.1 Å². The minimum Gasteiger partial charge on any atom is -0.490 e. The third kappa shape index (κ3) is 4.14. The molecule has 0 aromatic heterocycles. The Labute approximate surface area is 149 Å². The van der Waals surface area contributed by atoms with Crippen molar-refractivity contribution in [1.82, 2.24) is 4.90 Å². The molecule has 136 valence electrons. The molecule has 1 saturated heterocycles. The van der Waals surface area contributed by atoms with Crippen LogP contribution in [0.4, 0.5) is 0 Å². The van der Waals surface area contributed by atoms with Crippen LogP contribution in [-0.4, -0.2) is 41.1 Å². The lowest BCUT2D eigenvalue weighted by molar-refractivity contribution is -0.141. The predicted molar refractivity (Wildman–Crippen MR) is 94.6 cm³/mol. The van der Waals surface area contributed by atoms with Gasteiger partial charge in [-0.15, -0.1) is 0 Å². The number of piperidine rings is 1. The van der Waals surface area contributed by atoms with Crippen LogP contribution in [-0.2, 0) is 9.59 Å². The number of carbonyl (C=O) groups is 2. The van der Waals surface area contributed by atoms with Crippen molar-refractivity contribution in [2.45, 2.75) is 52.1 Å². The third-order valence-corrected chi connectivity index (χ3v) is 5.52. The first-order valence-electron chi connectivity index (χ1n) is 9.19. The Morgan fingerprint density at radius 2 is 1.76 bits per heavy atom. The number of hydrogen-bond donors (Lipinski definition) is 1. The highest BCUT2D eigenvalue weighted by atomic mass is 16.5. The standard InChI is InChI=1S/C20H27NO4/c1-13-3-4-14(2)18(11-13)25-17-7-9-21(10-8-17)19(22)15-5-6-16(12-15)20(23)24/h3-4,11,15-17H,5-10,12H2,1-2H3,(H,23,24)/t15-,16+/m1/s1. The molecule has 1 aromatic carbocycles. The Morgan fingerprint density at radius 1 is 1.08 bits per heavy atom. The van der Waals surface area contributed by atoms with Gasteiger partial charge in [0.15, 0.2) is 0 Å². The number of rotatable bonds is 4. The molecule has 1 N–H and O–H groups in total. The number of carbonyl (C=O) groups excluding carboxylic acids is 1. The number of carboxylic acids is 1. The van der Waals surface area contributed by atoms with Crippen molar-refractivity contribution in [2.24, 2.45) is 11.8 Å². The Bertz CT molecular complexity index is 649. The minimum absolute atomic E-state index is 0.113. The van der Waals surface area contributed by atoms with Gasteiger partial charge in [0.25, 0.3) is 0 Å². The highest BCUT2D eigenvalue weighted by Crippen LogP contribution is 2.33. The van der Waals surface area contributed by atoms with E-state index in [0.29, 0.717) is 32.4 Å². The van der Waals surface area contributed by atoms with Crippen molar-refractivity contribution in [3.05, 3.63) is 29.3 Å². The summed E-state index contributed by atoms with van der Waals surface area (Å²) in [6.45, 7) is 5.50. The van der Waals surface area contributed by atoms with Crippen LogP contribution in [0.15, 0.2) is 18.2 Å². The van der Waals surface area contributed by atoms with Crippen LogP contribution in [0, 0.1) is 25.7 Å². The monoisotopic (exact) mass is 345 g/mol. The van der Waals surface area contributed by atoms with Crippen LogP contribution in [0.5, 0.6) is 5.75 Å². The second kappa shape index (κ2) is 7.46. The van der Waals surface area contributed by atoms with Gasteiger partial charge in [0.1, 0.15) is 11.9 Å². The van der Waals surface area contributed by atoms with Crippen molar-refractivity contribution < 1.29 is 19.4 Å². The fourth-order valence-electron chi connectivity index (χ4n) is 3.90. The van der Waals surface area contributed by atoms with E-state index >= 15 is 0 Å². The van der Waals surface area contributed by atoms with Gasteiger partial charge < -0.3 is 14.7 Å². The van der Waals surface area contributed by atoms with E-state index in [4.69, 9.17) is 9.84 Å². The maximum atomic E-state index is 12.6. The summed E-state index contributed by atoms with van der Waals surface area (Å²) in [6, 6.07) is 6.22. The summed E-state index contributed by atoms with van der Waals surface area (Å²) in [5.41, 5.74) is 2.32. The maximum absolute atomic E-state index is 12.6. The molecule has 1 aromatic rings. The summed E-state index contributed by atoms with van der Waals surface area (Å²) in [5.74, 6) is -0.161. The van der Waals surface area contributed by atoms with E-state index < -0.39 is 5.97 Å². The topological polar surface area (TPSA) is 66.8 Å². The van der Waals surface area contributed by atoms with Gasteiger partial charge in [0, 0.05) is 31.8 Å². The number of aliphatic carboxylic acids is 1. The van der Waals surface area contributed by atoms with Crippen LogP contribution in [0.2, 0.25) is 0 Å². The van der Waals surface area contributed by atoms with Crippen LogP contribution >= 0.6 is 0 Å². The van der Waals surface area contributed by atoms with E-state index in [0.717, 1.165) is 24.2 Å². The molecular formula is C20H27NO4. The van der Waals surface area contributed by atoms with E-state index in [-0.39, 0.29) is 23.8 Å². The van der Waals surface area contributed by atoms with Crippen LogP contribution < -0.4 is 4.74 Å². The molecule has 1 saturated carbocycles. The summed E-state index contributed by atoms with van der Waals surface area (Å²) in [4.78, 5) is 25.6. The molecule has 2 aliphatic rings. The normalized spacial score (nSPS) is 24.3. The number of hydrogen-bond acceptors (Lipinski definition) is 3. The molecule has 25 heavy (non-hydrogen) atoms. The molecule has 1 heterocycles. The molecule has 1 aliphatic heterocycles. The summed E-state index contributed by atoms with van der Waals surface area (Å²) in [5, 5.41) is 9.10. The largest absolute Gasteiger partial charge is 0.490 e. The number of ether oxygens (including phenoxy) is 1. The van der Waals surface area contributed by atoms with Gasteiger partial charge in [0.05, 0.1) is 5.92 Å². The van der Waals surface area contributed by atoms with E-state index in [1.807, 2.05) is 11.8 Å². The fraction of sp³-hybridized carbons (Fsp3) is 0.600. The van der Waals surface area contributed by atoms with Crippen LogP contribution in [0.3, 0.4) is 0 Å². The molecule has 1 aliphatic carbocycles. The molecule has 2 atom stereocenters. The zero-order valence-corrected chi connectivity index (χ0v) is 15.0. The summed E-state index contributed by atoms with van der Waals surface area (Å²) in [6.07, 6.45) is 3.61. The molecule has 0 unspecified atom stereocenters. The second-order valence-corrected chi connectivity index (χ2v) is 7.46. The SMILES string of the molecule is Cc1ccc(C)c(OC2CCN(C(=O)[C@@H]3CC[C@H](C(=O)O)C3)CC2)c1. The minimum atomic E-state index is -0.768. The van der Waals surface area contributed by atoms with Crippen LogP contribution in [0.25, 0.3) is 0 Å². The van der Waals surface area contributed by atoms with Gasteiger partial charge in [-0.1, -0.05) is 12.1 Å². The molecule has 5 heteroatoms. The first-order chi connectivity index (χ1) is 11.9. The van der Waals surface area contributed by atoms with Crippen LogP contribution in [0.1, 0.15) is 43.2 Å². The predicted octanol–water partition coefficient (Wildman–Crippen LogP) is 3.17. The van der Waals surface area contributed by atoms with E-state index in [1.54, 1.807) is 0 Å². The van der Waals surface area contributed by atoms with E-state index in [9.17, 15) is 9.59 Å². The molecule has 1 amide bonds. The Hall–Kier alpha value is -2.04. The van der Waals surface area contributed by atoms with Crippen molar-refractivity contribution in [3.8, 4) is 5.75 Å². The number of carboxylic acid groups (broad SMARTS) is 1. The van der Waals surface area contributed by atoms with Gasteiger partial charge >= 0.3 is 5.97 Å². The first-order valence-corrected chi connectivity index (χ1v) is 9.19. The lowest BCUT2D eigenvalue weighted by Crippen LogP contribution is -2.44. The molecular weight excluding hydrogens is 318 g/mol. The zero-order valence-electron chi connectivity index (χ0n) is 15.0. The van der Waals surface area contributed by atoms with Gasteiger partial charge in [-0.25, -0.2) is 0 Å². The van der Waals surface area contributed by atoms with Crippen molar-refractivity contribution >= 4 is 11.9 Å². The smallest absolute Gasteiger partial charge is 0.306 e. The first kappa shape index (κ1) is 17.8. The summed E-state index contributed by atoms with van der Waals surface area (Å²) in [7, 11) is 0. The number of amides is 1. The third-order valence-electron chi connectivity index (χ3n) is 5.52. The molecule has 3 rings (SSSR count). The van der Waals surface area contributed by atoms with E-state index in [2.05, 4.69) is 25.1 Å². The fourth-order valence-corrected chi connectivity index (χ4v) is 3.90. The summed E-state index contributed by atoms with van der Waals surface area (Å²) < 4.78 is 6.15. The second-order valence-electron chi connectivity index (χ2n) is 7.46. The molecule has 2 fully saturated rings. The van der Waals surface area contributed by atoms with Crippen molar-refractivity contribution in [1.29, 1.82) is 0 Å². The highest BCUT2D eigenvalue weighted by molar-refractivity contribution is 5.81. The van der Waals surface area contributed by atoms with Crippen molar-refractivity contribution in [3.63, 3.8) is 0 Å². The Balaban J connectivity index is 1.51. The molecule has 0 spiro atoms. The number of benzene rings is 1. The van der Waals surface area contributed by atoms with Gasteiger partial charge in [0.2, 0.25) is 5.91 Å². The lowest BCUT2D eigenvalue weighted by atomic mass is 10.0. The molecule has 5 nitrogen and oxygen atoms in total. The Morgan fingerprint density at radius 3 is 2.40 bits per heavy atom. The Kier molecular flexibility index (Phi) is 5.30. The average molecular weight is 345 g/mol. The van der Waals surface area contributed by atoms with Gasteiger partial charge in [-0.05, 0) is 50.3 Å². The molecule has 0 bridgehead atoms. The quantitative estimate of drug-likeness (QED) is 0.910. The number of nitrogens with zero attached hydrogens (tertiary/aromatic N) is 1. The van der Waals surface area contributed by atoms with Gasteiger partial charge in [-0.3, -0.25) is 9.59 Å². The maximum Gasteiger partial charge on any atom is 0.306 e. The van der Waals surface area contributed by atoms with E-state index in [1.165, 1.54) is 5.56 Å². The zero-order chi connectivity index (χ0) is 18.0. The highest BCUT2D eigenvalue weighted by Gasteiger charge is 2.37. The van der Waals surface area contributed by atoms with Gasteiger partial charge in [-0.2, -0.15) is 0 Å². The molecule has 0 radical (unpaired) electrons.